The largest absolute Gasteiger partial charge is 0.355 e. The van der Waals surface area contributed by atoms with E-state index in [4.69, 9.17) is 5.73 Å². The number of nitrogens with two attached hydrogens (primary N) is 1. The Labute approximate surface area is 90.8 Å². The number of carbonyl (C=O) groups is 2. The van der Waals surface area contributed by atoms with Gasteiger partial charge in [-0.2, -0.15) is 0 Å². The standard InChI is InChI=1S/C10H21N3O2/c1-5-12-9(14)7(4)13-10(15)8(11)6(2)3/h6-8H,5,11H2,1-4H3,(H,12,14)(H,13,15)/t7?,8-/m0/s1. The van der Waals surface area contributed by atoms with Gasteiger partial charge in [-0.15, -0.1) is 0 Å². The van der Waals surface area contributed by atoms with Gasteiger partial charge in [-0.25, -0.2) is 0 Å². The molecule has 0 fully saturated rings. The lowest BCUT2D eigenvalue weighted by molar-refractivity contribution is -0.129. The van der Waals surface area contributed by atoms with Crippen LogP contribution in [0.15, 0.2) is 0 Å². The number of amides is 2. The van der Waals surface area contributed by atoms with E-state index in [9.17, 15) is 9.59 Å². The third-order valence-electron chi connectivity index (χ3n) is 2.12. The number of likely N-dealkylation sites (N-methyl/N-ethyl adjacent to an activating group) is 1. The van der Waals surface area contributed by atoms with E-state index in [-0.39, 0.29) is 17.7 Å². The molecular formula is C10H21N3O2. The minimum atomic E-state index is -0.568. The van der Waals surface area contributed by atoms with E-state index in [1.165, 1.54) is 0 Å². The van der Waals surface area contributed by atoms with E-state index >= 15 is 0 Å². The summed E-state index contributed by atoms with van der Waals surface area (Å²) in [6, 6.07) is -1.11. The topological polar surface area (TPSA) is 84.2 Å². The molecule has 1 unspecified atom stereocenters. The first kappa shape index (κ1) is 13.9. The molecule has 0 aromatic heterocycles. The van der Waals surface area contributed by atoms with Crippen LogP contribution < -0.4 is 16.4 Å². The second-order valence-electron chi connectivity index (χ2n) is 3.89. The minimum Gasteiger partial charge on any atom is -0.355 e. The molecule has 0 bridgehead atoms. The molecule has 0 saturated heterocycles. The highest BCUT2D eigenvalue weighted by molar-refractivity contribution is 5.89. The Morgan fingerprint density at radius 3 is 2.13 bits per heavy atom. The molecule has 4 N–H and O–H groups in total. The maximum absolute atomic E-state index is 11.5. The first-order valence-electron chi connectivity index (χ1n) is 5.23. The van der Waals surface area contributed by atoms with Crippen molar-refractivity contribution in [3.05, 3.63) is 0 Å². The van der Waals surface area contributed by atoms with Crippen LogP contribution in [0.5, 0.6) is 0 Å². The van der Waals surface area contributed by atoms with Crippen LogP contribution in [-0.4, -0.2) is 30.4 Å². The maximum atomic E-state index is 11.5. The molecule has 0 aliphatic carbocycles. The van der Waals surface area contributed by atoms with Crippen molar-refractivity contribution < 1.29 is 9.59 Å². The molecule has 88 valence electrons. The fourth-order valence-corrected chi connectivity index (χ4v) is 1.01. The quantitative estimate of drug-likeness (QED) is 0.584. The van der Waals surface area contributed by atoms with E-state index < -0.39 is 12.1 Å². The number of hydrogen-bond donors (Lipinski definition) is 3. The average molecular weight is 215 g/mol. The van der Waals surface area contributed by atoms with Gasteiger partial charge in [0, 0.05) is 6.54 Å². The molecule has 0 aliphatic rings. The zero-order valence-corrected chi connectivity index (χ0v) is 9.83. The van der Waals surface area contributed by atoms with Gasteiger partial charge in [0.05, 0.1) is 6.04 Å². The highest BCUT2D eigenvalue weighted by Gasteiger charge is 2.21. The predicted molar refractivity (Wildman–Crippen MR) is 59.1 cm³/mol. The molecule has 0 aromatic rings. The molecule has 0 aromatic carbocycles. The van der Waals surface area contributed by atoms with Gasteiger partial charge in [-0.1, -0.05) is 13.8 Å². The fourth-order valence-electron chi connectivity index (χ4n) is 1.01. The minimum absolute atomic E-state index is 0.0615. The smallest absolute Gasteiger partial charge is 0.242 e. The molecular weight excluding hydrogens is 194 g/mol. The van der Waals surface area contributed by atoms with Crippen LogP contribution in [0.4, 0.5) is 0 Å². The van der Waals surface area contributed by atoms with Gasteiger partial charge in [-0.3, -0.25) is 9.59 Å². The normalized spacial score (nSPS) is 14.5. The molecule has 0 spiro atoms. The second-order valence-corrected chi connectivity index (χ2v) is 3.89. The number of nitrogens with one attached hydrogen (secondary N) is 2. The summed E-state index contributed by atoms with van der Waals surface area (Å²) in [6.45, 7) is 7.74. The van der Waals surface area contributed by atoms with E-state index in [1.54, 1.807) is 6.92 Å². The highest BCUT2D eigenvalue weighted by Crippen LogP contribution is 1.98. The van der Waals surface area contributed by atoms with Gasteiger partial charge in [-0.05, 0) is 19.8 Å². The molecule has 0 saturated carbocycles. The van der Waals surface area contributed by atoms with E-state index in [1.807, 2.05) is 20.8 Å². The molecule has 5 heteroatoms. The Morgan fingerprint density at radius 1 is 1.20 bits per heavy atom. The number of carbonyl (C=O) groups excluding carboxylic acids is 2. The van der Waals surface area contributed by atoms with Crippen LogP contribution in [0.2, 0.25) is 0 Å². The number of rotatable bonds is 5. The van der Waals surface area contributed by atoms with Crippen molar-refractivity contribution in [2.24, 2.45) is 11.7 Å². The van der Waals surface area contributed by atoms with Gasteiger partial charge in [0.15, 0.2) is 0 Å². The summed E-state index contributed by atoms with van der Waals surface area (Å²) in [5, 5.41) is 5.19. The van der Waals surface area contributed by atoms with E-state index in [0.717, 1.165) is 0 Å². The summed E-state index contributed by atoms with van der Waals surface area (Å²) in [5.41, 5.74) is 5.64. The predicted octanol–water partition coefficient (Wildman–Crippen LogP) is -0.389. The van der Waals surface area contributed by atoms with Crippen molar-refractivity contribution in [2.45, 2.75) is 39.8 Å². The van der Waals surface area contributed by atoms with Gasteiger partial charge < -0.3 is 16.4 Å². The molecule has 15 heavy (non-hydrogen) atoms. The molecule has 5 nitrogen and oxygen atoms in total. The van der Waals surface area contributed by atoms with Crippen LogP contribution in [0, 0.1) is 5.92 Å². The zero-order chi connectivity index (χ0) is 12.0. The molecule has 0 aliphatic heterocycles. The van der Waals surface area contributed by atoms with Crippen molar-refractivity contribution in [2.75, 3.05) is 6.54 Å². The fraction of sp³-hybridized carbons (Fsp3) is 0.800. The van der Waals surface area contributed by atoms with Gasteiger partial charge in [0.1, 0.15) is 6.04 Å². The van der Waals surface area contributed by atoms with Crippen molar-refractivity contribution in [3.8, 4) is 0 Å². The van der Waals surface area contributed by atoms with Gasteiger partial charge in [0.25, 0.3) is 0 Å². The maximum Gasteiger partial charge on any atom is 0.242 e. The lowest BCUT2D eigenvalue weighted by Crippen LogP contribution is -2.51. The van der Waals surface area contributed by atoms with Crippen molar-refractivity contribution in [1.29, 1.82) is 0 Å². The SMILES string of the molecule is CCNC(=O)C(C)NC(=O)[C@@H](N)C(C)C. The number of hydrogen-bond acceptors (Lipinski definition) is 3. The lowest BCUT2D eigenvalue weighted by atomic mass is 10.0. The molecule has 0 rings (SSSR count). The monoisotopic (exact) mass is 215 g/mol. The molecule has 0 heterocycles. The van der Waals surface area contributed by atoms with Crippen molar-refractivity contribution in [3.63, 3.8) is 0 Å². The first-order chi connectivity index (χ1) is 6.90. The summed E-state index contributed by atoms with van der Waals surface area (Å²) in [4.78, 5) is 22.8. The molecule has 0 radical (unpaired) electrons. The van der Waals surface area contributed by atoms with Gasteiger partial charge >= 0.3 is 0 Å². The van der Waals surface area contributed by atoms with Crippen molar-refractivity contribution >= 4 is 11.8 Å². The van der Waals surface area contributed by atoms with E-state index in [2.05, 4.69) is 10.6 Å². The molecule has 2 atom stereocenters. The van der Waals surface area contributed by atoms with Crippen LogP contribution in [-0.2, 0) is 9.59 Å². The zero-order valence-electron chi connectivity index (χ0n) is 9.83. The summed E-state index contributed by atoms with van der Waals surface area (Å²) < 4.78 is 0. The Hall–Kier alpha value is -1.10. The van der Waals surface area contributed by atoms with Crippen LogP contribution in [0.1, 0.15) is 27.7 Å². The Balaban J connectivity index is 4.12. The third-order valence-corrected chi connectivity index (χ3v) is 2.12. The lowest BCUT2D eigenvalue weighted by Gasteiger charge is -2.19. The first-order valence-corrected chi connectivity index (χ1v) is 5.23. The van der Waals surface area contributed by atoms with Crippen LogP contribution >= 0.6 is 0 Å². The second kappa shape index (κ2) is 6.40. The Bertz CT molecular complexity index is 229. The summed E-state index contributed by atoms with van der Waals surface area (Å²) in [7, 11) is 0. The Morgan fingerprint density at radius 2 is 1.73 bits per heavy atom. The van der Waals surface area contributed by atoms with Crippen molar-refractivity contribution in [1.82, 2.24) is 10.6 Å². The third kappa shape index (κ3) is 4.78. The van der Waals surface area contributed by atoms with Crippen LogP contribution in [0.3, 0.4) is 0 Å². The highest BCUT2D eigenvalue weighted by atomic mass is 16.2. The van der Waals surface area contributed by atoms with Crippen LogP contribution in [0.25, 0.3) is 0 Å². The average Bonchev–Trinajstić information content (AvgIpc) is 2.16. The molecule has 2 amide bonds. The van der Waals surface area contributed by atoms with E-state index in [0.29, 0.717) is 6.54 Å². The Kier molecular flexibility index (Phi) is 5.93. The summed E-state index contributed by atoms with van der Waals surface area (Å²) in [6.07, 6.45) is 0. The summed E-state index contributed by atoms with van der Waals surface area (Å²) in [5.74, 6) is -0.419. The summed E-state index contributed by atoms with van der Waals surface area (Å²) >= 11 is 0. The van der Waals surface area contributed by atoms with Gasteiger partial charge in [0.2, 0.25) is 11.8 Å².